The van der Waals surface area contributed by atoms with Crippen molar-refractivity contribution in [2.45, 2.75) is 45.1 Å². The minimum absolute atomic E-state index is 0.420. The first-order chi connectivity index (χ1) is 18.7. The van der Waals surface area contributed by atoms with Gasteiger partial charge in [-0.1, -0.05) is 104 Å². The van der Waals surface area contributed by atoms with E-state index in [9.17, 15) is 0 Å². The van der Waals surface area contributed by atoms with E-state index in [2.05, 4.69) is 113 Å². The summed E-state index contributed by atoms with van der Waals surface area (Å²) in [7, 11) is 0. The molecule has 2 aliphatic rings. The molecule has 3 aromatic rings. The fourth-order valence-electron chi connectivity index (χ4n) is 6.00. The van der Waals surface area contributed by atoms with E-state index in [1.165, 1.54) is 54.7 Å². The molecule has 5 rings (SSSR count). The van der Waals surface area contributed by atoms with Gasteiger partial charge < -0.3 is 15.1 Å². The molecule has 38 heavy (non-hydrogen) atoms. The molecule has 3 nitrogen and oxygen atoms in total. The Balaban J connectivity index is 1.14. The maximum absolute atomic E-state index is 3.72. The van der Waals surface area contributed by atoms with Crippen molar-refractivity contribution in [3.63, 3.8) is 0 Å². The molecular formula is C35H45N3. The van der Waals surface area contributed by atoms with E-state index in [1.54, 1.807) is 5.57 Å². The molecule has 2 heterocycles. The minimum atomic E-state index is 0.420. The van der Waals surface area contributed by atoms with Crippen LogP contribution in [0.15, 0.2) is 90.5 Å². The molecule has 0 aliphatic carbocycles. The van der Waals surface area contributed by atoms with E-state index in [4.69, 9.17) is 0 Å². The van der Waals surface area contributed by atoms with E-state index in [0.717, 1.165) is 51.5 Å². The van der Waals surface area contributed by atoms with Crippen LogP contribution in [0.1, 0.15) is 60.8 Å². The fourth-order valence-corrected chi connectivity index (χ4v) is 6.00. The fraction of sp³-hybridized carbons (Fsp3) is 0.429. The van der Waals surface area contributed by atoms with E-state index in [0.29, 0.717) is 5.92 Å². The minimum Gasteiger partial charge on any atom is -0.311 e. The van der Waals surface area contributed by atoms with Crippen LogP contribution in [0.3, 0.4) is 0 Å². The second-order valence-electron chi connectivity index (χ2n) is 11.4. The zero-order chi connectivity index (χ0) is 26.0. The van der Waals surface area contributed by atoms with Crippen LogP contribution in [-0.4, -0.2) is 55.6 Å². The lowest BCUT2D eigenvalue weighted by molar-refractivity contribution is 0.193. The van der Waals surface area contributed by atoms with Gasteiger partial charge in [0, 0.05) is 45.2 Å². The van der Waals surface area contributed by atoms with Crippen molar-refractivity contribution >= 4 is 6.08 Å². The number of piperidine rings is 2. The molecule has 1 N–H and O–H groups in total. The van der Waals surface area contributed by atoms with E-state index in [-0.39, 0.29) is 0 Å². The van der Waals surface area contributed by atoms with Gasteiger partial charge in [-0.3, -0.25) is 0 Å². The van der Waals surface area contributed by atoms with Gasteiger partial charge in [0.05, 0.1) is 0 Å². The number of benzene rings is 3. The summed E-state index contributed by atoms with van der Waals surface area (Å²) < 4.78 is 0. The van der Waals surface area contributed by atoms with Crippen LogP contribution >= 0.6 is 0 Å². The second-order valence-corrected chi connectivity index (χ2v) is 11.4. The summed E-state index contributed by atoms with van der Waals surface area (Å²) in [5.74, 6) is 1.32. The zero-order valence-corrected chi connectivity index (χ0v) is 23.2. The van der Waals surface area contributed by atoms with Crippen LogP contribution < -0.4 is 5.32 Å². The second kappa shape index (κ2) is 13.9. The molecule has 2 saturated heterocycles. The third-order valence-corrected chi connectivity index (χ3v) is 8.55. The van der Waals surface area contributed by atoms with Gasteiger partial charge in [-0.05, 0) is 66.9 Å². The number of nitrogens with one attached hydrogen (secondary N) is 1. The molecule has 0 radical (unpaired) electrons. The summed E-state index contributed by atoms with van der Waals surface area (Å²) in [4.78, 5) is 5.28. The number of hydrogen-bond acceptors (Lipinski definition) is 3. The topological polar surface area (TPSA) is 18.5 Å². The lowest BCUT2D eigenvalue weighted by Gasteiger charge is -2.32. The Morgan fingerprint density at radius 3 is 2.03 bits per heavy atom. The lowest BCUT2D eigenvalue weighted by atomic mass is 9.90. The van der Waals surface area contributed by atoms with Gasteiger partial charge in [0.2, 0.25) is 0 Å². The Morgan fingerprint density at radius 2 is 1.37 bits per heavy atom. The highest BCUT2D eigenvalue weighted by Crippen LogP contribution is 2.28. The predicted octanol–water partition coefficient (Wildman–Crippen LogP) is 6.82. The molecule has 0 amide bonds. The zero-order valence-electron chi connectivity index (χ0n) is 23.2. The SMILES string of the molecule is CC1CCN(CCNCc2ccccc2C=C2CCN(CC(c3ccccc3)c3ccccc3)CC2)CC1. The Labute approximate surface area is 230 Å². The highest BCUT2D eigenvalue weighted by Gasteiger charge is 2.21. The van der Waals surface area contributed by atoms with Crippen LogP contribution in [-0.2, 0) is 6.54 Å². The van der Waals surface area contributed by atoms with Crippen LogP contribution in [0, 0.1) is 5.92 Å². The van der Waals surface area contributed by atoms with Crippen LogP contribution in [0.4, 0.5) is 0 Å². The van der Waals surface area contributed by atoms with Crippen molar-refractivity contribution < 1.29 is 0 Å². The van der Waals surface area contributed by atoms with E-state index < -0.39 is 0 Å². The van der Waals surface area contributed by atoms with E-state index in [1.807, 2.05) is 0 Å². The molecular weight excluding hydrogens is 462 g/mol. The molecule has 200 valence electrons. The Morgan fingerprint density at radius 1 is 0.763 bits per heavy atom. The first-order valence-electron chi connectivity index (χ1n) is 14.8. The number of hydrogen-bond donors (Lipinski definition) is 1. The summed E-state index contributed by atoms with van der Waals surface area (Å²) in [6.45, 7) is 11.5. The molecule has 3 heteroatoms. The van der Waals surface area contributed by atoms with Crippen LogP contribution in [0.2, 0.25) is 0 Å². The standard InChI is InChI=1S/C35H45N3/c1-29-16-21-37(22-17-29)25-20-36-27-34-15-9-8-14-33(34)26-30-18-23-38(24-19-30)28-35(31-10-4-2-5-11-31)32-12-6-3-7-13-32/h2-15,26,29,35-36H,16-25,27-28H2,1H3. The summed E-state index contributed by atoms with van der Waals surface area (Å²) in [6.07, 6.45) is 7.50. The highest BCUT2D eigenvalue weighted by atomic mass is 15.1. The Bertz CT molecular complexity index is 1080. The summed E-state index contributed by atoms with van der Waals surface area (Å²) in [5.41, 5.74) is 7.23. The van der Waals surface area contributed by atoms with Gasteiger partial charge in [0.1, 0.15) is 0 Å². The summed E-state index contributed by atoms with van der Waals surface area (Å²) >= 11 is 0. The predicted molar refractivity (Wildman–Crippen MR) is 161 cm³/mol. The van der Waals surface area contributed by atoms with Crippen molar-refractivity contribution in [3.05, 3.63) is 113 Å². The molecule has 0 atom stereocenters. The average molecular weight is 508 g/mol. The van der Waals surface area contributed by atoms with Gasteiger partial charge in [0.15, 0.2) is 0 Å². The molecule has 0 saturated carbocycles. The Kier molecular flexibility index (Phi) is 9.82. The van der Waals surface area contributed by atoms with Crippen molar-refractivity contribution in [3.8, 4) is 0 Å². The van der Waals surface area contributed by atoms with E-state index >= 15 is 0 Å². The molecule has 0 spiro atoms. The van der Waals surface area contributed by atoms with Gasteiger partial charge >= 0.3 is 0 Å². The van der Waals surface area contributed by atoms with Crippen LogP contribution in [0.25, 0.3) is 6.08 Å². The quantitative estimate of drug-likeness (QED) is 0.304. The smallest absolute Gasteiger partial charge is 0.0217 e. The van der Waals surface area contributed by atoms with Crippen molar-refractivity contribution in [2.24, 2.45) is 5.92 Å². The third-order valence-electron chi connectivity index (χ3n) is 8.55. The number of likely N-dealkylation sites (tertiary alicyclic amines) is 2. The van der Waals surface area contributed by atoms with Gasteiger partial charge in [0.25, 0.3) is 0 Å². The molecule has 0 bridgehead atoms. The van der Waals surface area contributed by atoms with Gasteiger partial charge in [-0.2, -0.15) is 0 Å². The highest BCUT2D eigenvalue weighted by molar-refractivity contribution is 5.57. The largest absolute Gasteiger partial charge is 0.311 e. The Hall–Kier alpha value is -2.72. The maximum Gasteiger partial charge on any atom is 0.0217 e. The van der Waals surface area contributed by atoms with Crippen molar-refractivity contribution in [1.82, 2.24) is 15.1 Å². The molecule has 2 aliphatic heterocycles. The first-order valence-corrected chi connectivity index (χ1v) is 14.8. The number of nitrogens with zero attached hydrogens (tertiary/aromatic N) is 2. The average Bonchev–Trinajstić information content (AvgIpc) is 2.97. The molecule has 3 aromatic carbocycles. The maximum atomic E-state index is 3.72. The monoisotopic (exact) mass is 507 g/mol. The molecule has 0 unspecified atom stereocenters. The van der Waals surface area contributed by atoms with Gasteiger partial charge in [-0.15, -0.1) is 0 Å². The summed E-state index contributed by atoms with van der Waals surface area (Å²) in [5, 5.41) is 3.72. The molecule has 0 aromatic heterocycles. The van der Waals surface area contributed by atoms with Crippen molar-refractivity contribution in [2.75, 3.05) is 45.8 Å². The van der Waals surface area contributed by atoms with Crippen LogP contribution in [0.5, 0.6) is 0 Å². The first kappa shape index (κ1) is 26.9. The van der Waals surface area contributed by atoms with Gasteiger partial charge in [-0.25, -0.2) is 0 Å². The summed E-state index contributed by atoms with van der Waals surface area (Å²) in [6, 6.07) is 31.0. The third kappa shape index (κ3) is 7.66. The number of rotatable bonds is 10. The molecule has 2 fully saturated rings. The lowest BCUT2D eigenvalue weighted by Crippen LogP contribution is -2.37. The van der Waals surface area contributed by atoms with Crippen molar-refractivity contribution in [1.29, 1.82) is 0 Å². The normalized spacial score (nSPS) is 17.7.